The van der Waals surface area contributed by atoms with Crippen molar-refractivity contribution in [2.24, 2.45) is 4.99 Å². The van der Waals surface area contributed by atoms with Crippen LogP contribution in [0.2, 0.25) is 0 Å². The van der Waals surface area contributed by atoms with Crippen LogP contribution in [0.1, 0.15) is 59.3 Å². The van der Waals surface area contributed by atoms with Crippen molar-refractivity contribution in [2.75, 3.05) is 33.2 Å². The van der Waals surface area contributed by atoms with E-state index in [-0.39, 0.29) is 30.0 Å². The van der Waals surface area contributed by atoms with Gasteiger partial charge in [-0.1, -0.05) is 0 Å². The highest BCUT2D eigenvalue weighted by Crippen LogP contribution is 2.24. The minimum Gasteiger partial charge on any atom is -0.468 e. The Labute approximate surface area is 197 Å². The van der Waals surface area contributed by atoms with E-state index in [0.29, 0.717) is 19.0 Å². The van der Waals surface area contributed by atoms with Crippen LogP contribution in [-0.2, 0) is 4.74 Å². The monoisotopic (exact) mass is 535 g/mol. The average molecular weight is 535 g/mol. The first-order valence-electron chi connectivity index (χ1n) is 10.3. The third-order valence-electron chi connectivity index (χ3n) is 4.68. The van der Waals surface area contributed by atoms with Gasteiger partial charge in [-0.05, 0) is 72.7 Å². The summed E-state index contributed by atoms with van der Waals surface area (Å²) in [5, 5.41) is 9.58. The van der Waals surface area contributed by atoms with Gasteiger partial charge in [0.05, 0.1) is 17.8 Å². The second-order valence-electron chi connectivity index (χ2n) is 9.09. The van der Waals surface area contributed by atoms with Gasteiger partial charge in [0.25, 0.3) is 0 Å². The van der Waals surface area contributed by atoms with Crippen LogP contribution < -0.4 is 16.0 Å². The van der Waals surface area contributed by atoms with Crippen molar-refractivity contribution in [2.45, 2.75) is 64.6 Å². The van der Waals surface area contributed by atoms with Crippen molar-refractivity contribution in [3.8, 4) is 0 Å². The maximum atomic E-state index is 12.1. The van der Waals surface area contributed by atoms with E-state index in [0.717, 1.165) is 18.8 Å². The molecule has 30 heavy (non-hydrogen) atoms. The van der Waals surface area contributed by atoms with Crippen molar-refractivity contribution >= 4 is 36.0 Å². The predicted molar refractivity (Wildman–Crippen MR) is 130 cm³/mol. The summed E-state index contributed by atoms with van der Waals surface area (Å²) in [6.45, 7) is 12.8. The first-order valence-corrected chi connectivity index (χ1v) is 10.3. The Morgan fingerprint density at radius 2 is 1.90 bits per heavy atom. The van der Waals surface area contributed by atoms with E-state index in [9.17, 15) is 4.79 Å². The van der Waals surface area contributed by atoms with E-state index in [1.807, 2.05) is 46.8 Å². The number of rotatable bonds is 7. The molecule has 0 saturated carbocycles. The molecule has 0 radical (unpaired) electrons. The lowest BCUT2D eigenvalue weighted by Crippen LogP contribution is -2.54. The quantitative estimate of drug-likeness (QED) is 0.281. The molecule has 1 unspecified atom stereocenters. The Morgan fingerprint density at radius 3 is 2.43 bits per heavy atom. The van der Waals surface area contributed by atoms with E-state index in [1.165, 1.54) is 12.8 Å². The smallest absolute Gasteiger partial charge is 0.408 e. The SMILES string of the molecule is CN=C(NCC(c1ccco1)N1CCCC1)NCC(C)(C)NC(=O)OC(C)(C)C.I. The number of carbonyl (C=O) groups is 1. The first kappa shape index (κ1) is 26.5. The molecule has 172 valence electrons. The fraction of sp³-hybridized carbons (Fsp3) is 0.714. The van der Waals surface area contributed by atoms with E-state index in [1.54, 1.807) is 13.3 Å². The van der Waals surface area contributed by atoms with Crippen LogP contribution in [0.15, 0.2) is 27.8 Å². The molecule has 0 spiro atoms. The summed E-state index contributed by atoms with van der Waals surface area (Å²) in [6.07, 6.45) is 3.72. The fourth-order valence-corrected chi connectivity index (χ4v) is 3.29. The second-order valence-corrected chi connectivity index (χ2v) is 9.09. The number of amides is 1. The molecular weight excluding hydrogens is 497 g/mol. The summed E-state index contributed by atoms with van der Waals surface area (Å²) in [7, 11) is 1.74. The van der Waals surface area contributed by atoms with Gasteiger partial charge in [-0.3, -0.25) is 9.89 Å². The van der Waals surface area contributed by atoms with Crippen molar-refractivity contribution in [1.82, 2.24) is 20.9 Å². The zero-order valence-corrected chi connectivity index (χ0v) is 21.4. The number of halogens is 1. The summed E-state index contributed by atoms with van der Waals surface area (Å²) >= 11 is 0. The van der Waals surface area contributed by atoms with Crippen LogP contribution in [0, 0.1) is 0 Å². The van der Waals surface area contributed by atoms with Crippen LogP contribution in [0.3, 0.4) is 0 Å². The Balaban J connectivity index is 0.00000450. The highest BCUT2D eigenvalue weighted by Gasteiger charge is 2.27. The third-order valence-corrected chi connectivity index (χ3v) is 4.68. The third kappa shape index (κ3) is 9.11. The Bertz CT molecular complexity index is 665. The van der Waals surface area contributed by atoms with Gasteiger partial charge in [0.1, 0.15) is 11.4 Å². The number of nitrogens with one attached hydrogen (secondary N) is 3. The number of ether oxygens (including phenoxy) is 1. The lowest BCUT2D eigenvalue weighted by molar-refractivity contribution is 0.0474. The molecule has 1 aliphatic heterocycles. The molecule has 1 atom stereocenters. The average Bonchev–Trinajstić information content (AvgIpc) is 3.29. The minimum absolute atomic E-state index is 0. The van der Waals surface area contributed by atoms with Gasteiger partial charge >= 0.3 is 6.09 Å². The van der Waals surface area contributed by atoms with Gasteiger partial charge in [-0.15, -0.1) is 24.0 Å². The topological polar surface area (TPSA) is 91.1 Å². The number of carbonyl (C=O) groups excluding carboxylic acids is 1. The van der Waals surface area contributed by atoms with Crippen molar-refractivity contribution in [3.63, 3.8) is 0 Å². The van der Waals surface area contributed by atoms with Gasteiger partial charge in [0, 0.05) is 20.1 Å². The highest BCUT2D eigenvalue weighted by molar-refractivity contribution is 14.0. The van der Waals surface area contributed by atoms with Crippen molar-refractivity contribution in [3.05, 3.63) is 24.2 Å². The highest BCUT2D eigenvalue weighted by atomic mass is 127. The van der Waals surface area contributed by atoms with Crippen LogP contribution in [0.5, 0.6) is 0 Å². The molecule has 9 heteroatoms. The molecule has 8 nitrogen and oxygen atoms in total. The Kier molecular flexibility index (Phi) is 10.4. The largest absolute Gasteiger partial charge is 0.468 e. The maximum absolute atomic E-state index is 12.1. The lowest BCUT2D eigenvalue weighted by atomic mass is 10.1. The number of guanidine groups is 1. The zero-order valence-electron chi connectivity index (χ0n) is 19.1. The molecule has 0 aromatic carbocycles. The molecule has 1 saturated heterocycles. The predicted octanol–water partition coefficient (Wildman–Crippen LogP) is 3.50. The molecule has 2 rings (SSSR count). The van der Waals surface area contributed by atoms with E-state index in [2.05, 4.69) is 25.8 Å². The molecule has 0 aliphatic carbocycles. The van der Waals surface area contributed by atoms with Gasteiger partial charge in [0.15, 0.2) is 5.96 Å². The Hall–Kier alpha value is -1.49. The van der Waals surface area contributed by atoms with Gasteiger partial charge in [0.2, 0.25) is 0 Å². The molecule has 3 N–H and O–H groups in total. The number of aliphatic imine (C=N–C) groups is 1. The zero-order chi connectivity index (χ0) is 21.5. The van der Waals surface area contributed by atoms with Crippen LogP contribution in [-0.4, -0.2) is 61.3 Å². The number of nitrogens with zero attached hydrogens (tertiary/aromatic N) is 2. The van der Waals surface area contributed by atoms with E-state index in [4.69, 9.17) is 9.15 Å². The van der Waals surface area contributed by atoms with Gasteiger partial charge in [-0.2, -0.15) is 0 Å². The molecule has 1 amide bonds. The summed E-state index contributed by atoms with van der Waals surface area (Å²) in [6, 6.07) is 4.12. The molecule has 0 bridgehead atoms. The molecule has 1 fully saturated rings. The van der Waals surface area contributed by atoms with Crippen molar-refractivity contribution < 1.29 is 13.9 Å². The van der Waals surface area contributed by atoms with Crippen LogP contribution in [0.25, 0.3) is 0 Å². The first-order chi connectivity index (χ1) is 13.6. The molecular formula is C21H38IN5O3. The van der Waals surface area contributed by atoms with Gasteiger partial charge in [-0.25, -0.2) is 4.79 Å². The molecule has 1 aromatic heterocycles. The summed E-state index contributed by atoms with van der Waals surface area (Å²) in [5.41, 5.74) is -1.03. The van der Waals surface area contributed by atoms with E-state index < -0.39 is 17.2 Å². The summed E-state index contributed by atoms with van der Waals surface area (Å²) < 4.78 is 11.0. The second kappa shape index (κ2) is 11.8. The number of furan rings is 1. The van der Waals surface area contributed by atoms with Crippen molar-refractivity contribution in [1.29, 1.82) is 0 Å². The van der Waals surface area contributed by atoms with Gasteiger partial charge < -0.3 is 25.1 Å². The maximum Gasteiger partial charge on any atom is 0.408 e. The fourth-order valence-electron chi connectivity index (χ4n) is 3.29. The number of hydrogen-bond donors (Lipinski definition) is 3. The Morgan fingerprint density at radius 1 is 1.23 bits per heavy atom. The number of alkyl carbamates (subject to hydrolysis) is 1. The number of likely N-dealkylation sites (tertiary alicyclic amines) is 1. The lowest BCUT2D eigenvalue weighted by Gasteiger charge is -2.30. The van der Waals surface area contributed by atoms with E-state index >= 15 is 0 Å². The van der Waals surface area contributed by atoms with Crippen LogP contribution >= 0.6 is 24.0 Å². The summed E-state index contributed by atoms with van der Waals surface area (Å²) in [4.78, 5) is 18.8. The molecule has 1 aromatic rings. The summed E-state index contributed by atoms with van der Waals surface area (Å²) in [5.74, 6) is 1.64. The normalized spacial score (nSPS) is 16.5. The molecule has 2 heterocycles. The minimum atomic E-state index is -0.526. The number of hydrogen-bond acceptors (Lipinski definition) is 5. The molecule has 1 aliphatic rings. The standard InChI is InChI=1S/C21H37N5O3.HI/c1-20(2,3)29-19(27)25-21(4,5)15-24-18(22-6)23-14-16(17-10-9-13-28-17)26-11-7-8-12-26;/h9-10,13,16H,7-8,11-12,14-15H2,1-6H3,(H,25,27)(H2,22,23,24);1H. The van der Waals surface area contributed by atoms with Crippen LogP contribution in [0.4, 0.5) is 4.79 Å².